The predicted octanol–water partition coefficient (Wildman–Crippen LogP) is 7.92. The van der Waals surface area contributed by atoms with Crippen molar-refractivity contribution in [2.75, 3.05) is 6.61 Å². The summed E-state index contributed by atoms with van der Waals surface area (Å²) in [6.45, 7) is 4.10. The van der Waals surface area contributed by atoms with Crippen molar-refractivity contribution in [1.29, 1.82) is 0 Å². The van der Waals surface area contributed by atoms with Crippen LogP contribution in [0.15, 0.2) is 24.3 Å². The lowest BCUT2D eigenvalue weighted by molar-refractivity contribution is -0.131. The minimum atomic E-state index is -1.10. The predicted molar refractivity (Wildman–Crippen MR) is 162 cm³/mol. The van der Waals surface area contributed by atoms with Crippen molar-refractivity contribution in [2.24, 2.45) is 0 Å². The summed E-state index contributed by atoms with van der Waals surface area (Å²) >= 11 is 0. The molecule has 0 fully saturated rings. The Bertz CT molecular complexity index is 563. The van der Waals surface area contributed by atoms with Gasteiger partial charge in [-0.05, 0) is 32.1 Å². The molecule has 224 valence electrons. The maximum absolute atomic E-state index is 12.3. The average Bonchev–Trinajstić information content (AvgIpc) is 2.92. The topological polar surface area (TPSA) is 89.8 Å². The monoisotopic (exact) mass is 537 g/mol. The number of hydrogen-bond acceptors (Lipinski definition) is 4. The first-order chi connectivity index (χ1) is 18.6. The Morgan fingerprint density at radius 1 is 0.632 bits per heavy atom. The van der Waals surface area contributed by atoms with E-state index in [2.05, 4.69) is 31.3 Å². The number of carbonyl (C=O) groups excluding carboxylic acids is 1. The summed E-state index contributed by atoms with van der Waals surface area (Å²) in [5.41, 5.74) is 0. The standard InChI is InChI=1S/C33H63NO4/c1-3-5-7-9-11-13-15-16-17-18-20-22-24-26-28-32(37)33(38)34-30(29-35)31(36)27-25-23-21-19-14-12-10-8-6-4-2/h14,19,25,27,30-32,35-37H,3-13,15-18,20-24,26,28-29H2,1-2H3,(H,34,38)/b19-14+,27-25+. The maximum atomic E-state index is 12.3. The fourth-order valence-corrected chi connectivity index (χ4v) is 4.67. The van der Waals surface area contributed by atoms with Gasteiger partial charge in [0.05, 0.1) is 18.8 Å². The molecule has 0 aromatic rings. The van der Waals surface area contributed by atoms with Crippen LogP contribution in [0.25, 0.3) is 0 Å². The highest BCUT2D eigenvalue weighted by atomic mass is 16.3. The molecule has 0 bridgehead atoms. The van der Waals surface area contributed by atoms with Gasteiger partial charge in [-0.2, -0.15) is 0 Å². The number of nitrogens with one attached hydrogen (secondary N) is 1. The molecule has 3 atom stereocenters. The number of allylic oxidation sites excluding steroid dienone is 3. The van der Waals surface area contributed by atoms with Gasteiger partial charge in [0.15, 0.2) is 0 Å². The summed E-state index contributed by atoms with van der Waals surface area (Å²) in [6, 6.07) is -0.807. The largest absolute Gasteiger partial charge is 0.394 e. The summed E-state index contributed by atoms with van der Waals surface area (Å²) in [4.78, 5) is 12.3. The van der Waals surface area contributed by atoms with E-state index < -0.39 is 24.2 Å². The normalized spacial score (nSPS) is 14.3. The first kappa shape index (κ1) is 36.8. The van der Waals surface area contributed by atoms with Crippen LogP contribution in [0.4, 0.5) is 0 Å². The molecule has 0 aliphatic rings. The molecule has 1 amide bonds. The van der Waals surface area contributed by atoms with Crippen LogP contribution < -0.4 is 5.32 Å². The lowest BCUT2D eigenvalue weighted by atomic mass is 10.0. The molecule has 38 heavy (non-hydrogen) atoms. The molecule has 0 saturated carbocycles. The van der Waals surface area contributed by atoms with Gasteiger partial charge in [-0.3, -0.25) is 4.79 Å². The molecular weight excluding hydrogens is 474 g/mol. The first-order valence-electron chi connectivity index (χ1n) is 16.2. The van der Waals surface area contributed by atoms with Gasteiger partial charge in [0.25, 0.3) is 0 Å². The van der Waals surface area contributed by atoms with Crippen LogP contribution in [-0.4, -0.2) is 46.1 Å². The van der Waals surface area contributed by atoms with Crippen molar-refractivity contribution in [3.8, 4) is 0 Å². The number of aliphatic hydroxyl groups is 3. The number of amides is 1. The van der Waals surface area contributed by atoms with E-state index in [-0.39, 0.29) is 6.61 Å². The number of unbranched alkanes of at least 4 members (excludes halogenated alkanes) is 18. The molecule has 0 aromatic heterocycles. The van der Waals surface area contributed by atoms with Crippen LogP contribution in [0.2, 0.25) is 0 Å². The Balaban J connectivity index is 3.82. The second kappa shape index (κ2) is 28.8. The molecule has 0 spiro atoms. The second-order valence-electron chi connectivity index (χ2n) is 11.0. The third kappa shape index (κ3) is 23.9. The SMILES string of the molecule is CCCCCC/C=C/CC/C=C/C(O)C(CO)NC(=O)C(O)CCCCCCCCCCCCCCCC. The van der Waals surface area contributed by atoms with Crippen LogP contribution in [0.3, 0.4) is 0 Å². The summed E-state index contributed by atoms with van der Waals surface area (Å²) in [5.74, 6) is -0.516. The van der Waals surface area contributed by atoms with Crippen molar-refractivity contribution in [3.63, 3.8) is 0 Å². The van der Waals surface area contributed by atoms with Crippen LogP contribution in [0, 0.1) is 0 Å². The van der Waals surface area contributed by atoms with Crippen LogP contribution >= 0.6 is 0 Å². The van der Waals surface area contributed by atoms with E-state index >= 15 is 0 Å². The van der Waals surface area contributed by atoms with Crippen molar-refractivity contribution in [2.45, 2.75) is 173 Å². The molecule has 0 heterocycles. The molecule has 4 N–H and O–H groups in total. The second-order valence-corrected chi connectivity index (χ2v) is 11.0. The minimum Gasteiger partial charge on any atom is -0.394 e. The molecule has 0 aromatic carbocycles. The van der Waals surface area contributed by atoms with E-state index in [0.717, 1.165) is 38.5 Å². The Morgan fingerprint density at radius 2 is 1.08 bits per heavy atom. The van der Waals surface area contributed by atoms with Gasteiger partial charge in [-0.15, -0.1) is 0 Å². The fraction of sp³-hybridized carbons (Fsp3) is 0.848. The quantitative estimate of drug-likeness (QED) is 0.0603. The van der Waals surface area contributed by atoms with Crippen LogP contribution in [0.5, 0.6) is 0 Å². The van der Waals surface area contributed by atoms with Gasteiger partial charge < -0.3 is 20.6 Å². The van der Waals surface area contributed by atoms with E-state index in [4.69, 9.17) is 0 Å². The number of aliphatic hydroxyl groups excluding tert-OH is 3. The van der Waals surface area contributed by atoms with Gasteiger partial charge in [0, 0.05) is 0 Å². The minimum absolute atomic E-state index is 0.375. The Kier molecular flexibility index (Phi) is 27.9. The zero-order chi connectivity index (χ0) is 28.1. The van der Waals surface area contributed by atoms with Gasteiger partial charge in [0.2, 0.25) is 5.91 Å². The number of rotatable bonds is 28. The zero-order valence-electron chi connectivity index (χ0n) is 25.1. The molecule has 0 saturated heterocycles. The van der Waals surface area contributed by atoms with Gasteiger partial charge in [-0.25, -0.2) is 0 Å². The fourth-order valence-electron chi connectivity index (χ4n) is 4.67. The summed E-state index contributed by atoms with van der Waals surface area (Å²) < 4.78 is 0. The van der Waals surface area contributed by atoms with E-state index in [1.54, 1.807) is 6.08 Å². The van der Waals surface area contributed by atoms with Gasteiger partial charge in [-0.1, -0.05) is 147 Å². The molecule has 0 aliphatic carbocycles. The number of hydrogen-bond donors (Lipinski definition) is 4. The Labute approximate surface area is 235 Å². The van der Waals surface area contributed by atoms with Crippen molar-refractivity contribution < 1.29 is 20.1 Å². The average molecular weight is 538 g/mol. The molecule has 3 unspecified atom stereocenters. The maximum Gasteiger partial charge on any atom is 0.249 e. The van der Waals surface area contributed by atoms with E-state index in [1.165, 1.54) is 96.3 Å². The van der Waals surface area contributed by atoms with Gasteiger partial charge in [0.1, 0.15) is 6.10 Å². The summed E-state index contributed by atoms with van der Waals surface area (Å²) in [5, 5.41) is 32.7. The zero-order valence-corrected chi connectivity index (χ0v) is 25.1. The van der Waals surface area contributed by atoms with Crippen LogP contribution in [0.1, 0.15) is 155 Å². The highest BCUT2D eigenvalue weighted by Crippen LogP contribution is 2.14. The third-order valence-corrected chi connectivity index (χ3v) is 7.29. The van der Waals surface area contributed by atoms with E-state index in [1.807, 2.05) is 6.08 Å². The van der Waals surface area contributed by atoms with Crippen molar-refractivity contribution >= 4 is 5.91 Å². The lowest BCUT2D eigenvalue weighted by Crippen LogP contribution is -2.48. The Hall–Kier alpha value is -1.17. The molecule has 0 radical (unpaired) electrons. The number of carbonyl (C=O) groups is 1. The van der Waals surface area contributed by atoms with Gasteiger partial charge >= 0.3 is 0 Å². The summed E-state index contributed by atoms with van der Waals surface area (Å²) in [7, 11) is 0. The Morgan fingerprint density at radius 3 is 1.61 bits per heavy atom. The van der Waals surface area contributed by atoms with Crippen molar-refractivity contribution in [3.05, 3.63) is 24.3 Å². The highest BCUT2D eigenvalue weighted by Gasteiger charge is 2.22. The smallest absolute Gasteiger partial charge is 0.249 e. The lowest BCUT2D eigenvalue weighted by Gasteiger charge is -2.21. The summed E-state index contributed by atoms with van der Waals surface area (Å²) in [6.07, 6.45) is 31.9. The first-order valence-corrected chi connectivity index (χ1v) is 16.2. The third-order valence-electron chi connectivity index (χ3n) is 7.29. The molecule has 0 aliphatic heterocycles. The molecule has 5 nitrogen and oxygen atoms in total. The molecule has 0 rings (SSSR count). The highest BCUT2D eigenvalue weighted by molar-refractivity contribution is 5.80. The van der Waals surface area contributed by atoms with Crippen molar-refractivity contribution in [1.82, 2.24) is 5.32 Å². The van der Waals surface area contributed by atoms with E-state index in [0.29, 0.717) is 6.42 Å². The van der Waals surface area contributed by atoms with Crippen LogP contribution in [-0.2, 0) is 4.79 Å². The molecule has 5 heteroatoms. The van der Waals surface area contributed by atoms with E-state index in [9.17, 15) is 20.1 Å². The molecular formula is C33H63NO4.